The van der Waals surface area contributed by atoms with Gasteiger partial charge in [-0.25, -0.2) is 4.39 Å². The molecule has 0 bridgehead atoms. The number of halogens is 4. The first kappa shape index (κ1) is 16.2. The van der Waals surface area contributed by atoms with Gasteiger partial charge in [-0.3, -0.25) is 0 Å². The second kappa shape index (κ2) is 7.70. The molecule has 3 nitrogen and oxygen atoms in total. The fraction of sp³-hybridized carbons (Fsp3) is 0.133. The molecule has 2 aromatic carbocycles. The monoisotopic (exact) mass is 329 g/mol. The van der Waals surface area contributed by atoms with E-state index >= 15 is 0 Å². The van der Waals surface area contributed by atoms with Crippen LogP contribution < -0.4 is 4.74 Å². The molecule has 0 heterocycles. The number of alkyl halides is 2. The zero-order valence-corrected chi connectivity index (χ0v) is 11.9. The maximum Gasteiger partial charge on any atom is 0.387 e. The van der Waals surface area contributed by atoms with Gasteiger partial charge in [0, 0.05) is 11.1 Å². The Morgan fingerprint density at radius 3 is 2.68 bits per heavy atom. The summed E-state index contributed by atoms with van der Waals surface area (Å²) in [7, 11) is 0. The van der Waals surface area contributed by atoms with Crippen molar-refractivity contribution in [3.8, 4) is 5.75 Å². The molecule has 0 spiro atoms. The molecule has 0 aliphatic heterocycles. The fourth-order valence-electron chi connectivity index (χ4n) is 1.63. The molecule has 22 heavy (non-hydrogen) atoms. The Kier molecular flexibility index (Phi) is 5.66. The van der Waals surface area contributed by atoms with Crippen LogP contribution in [0, 0.1) is 5.82 Å². The molecule has 0 aliphatic carbocycles. The summed E-state index contributed by atoms with van der Waals surface area (Å²) >= 11 is 5.83. The molecule has 0 saturated heterocycles. The van der Waals surface area contributed by atoms with Gasteiger partial charge in [0.05, 0.1) is 11.2 Å². The topological polar surface area (TPSA) is 30.8 Å². The minimum absolute atomic E-state index is 0.00957. The van der Waals surface area contributed by atoms with Crippen molar-refractivity contribution >= 4 is 17.8 Å². The van der Waals surface area contributed by atoms with Crippen molar-refractivity contribution in [2.24, 2.45) is 5.16 Å². The number of ether oxygens (including phenoxy) is 1. The minimum Gasteiger partial charge on any atom is -0.434 e. The third-order valence-electron chi connectivity index (χ3n) is 2.64. The molecule has 0 N–H and O–H groups in total. The van der Waals surface area contributed by atoms with Gasteiger partial charge in [0.25, 0.3) is 0 Å². The molecular formula is C15H11ClF3NO2. The molecular weight excluding hydrogens is 319 g/mol. The van der Waals surface area contributed by atoms with E-state index in [1.165, 1.54) is 24.4 Å². The highest BCUT2D eigenvalue weighted by Gasteiger charge is 2.07. The highest BCUT2D eigenvalue weighted by atomic mass is 35.5. The fourth-order valence-corrected chi connectivity index (χ4v) is 1.85. The van der Waals surface area contributed by atoms with E-state index in [1.807, 2.05) is 0 Å². The highest BCUT2D eigenvalue weighted by molar-refractivity contribution is 6.31. The van der Waals surface area contributed by atoms with Gasteiger partial charge >= 0.3 is 6.61 Å². The van der Waals surface area contributed by atoms with Crippen molar-refractivity contribution in [2.45, 2.75) is 13.2 Å². The first-order chi connectivity index (χ1) is 10.6. The summed E-state index contributed by atoms with van der Waals surface area (Å²) in [6.45, 7) is -2.90. The van der Waals surface area contributed by atoms with Crippen LogP contribution in [0.5, 0.6) is 5.75 Å². The van der Waals surface area contributed by atoms with Crippen molar-refractivity contribution in [2.75, 3.05) is 0 Å². The standard InChI is InChI=1S/C15H11ClF3NO2/c16-13-7-12(17)6-5-11(13)9-21-20-8-10-3-1-2-4-14(10)22-15(18)19/h1-8,15H,9H2. The number of nitrogens with zero attached hydrogens (tertiary/aromatic N) is 1. The van der Waals surface area contributed by atoms with E-state index in [1.54, 1.807) is 18.2 Å². The van der Waals surface area contributed by atoms with Gasteiger partial charge in [-0.1, -0.05) is 35.0 Å². The van der Waals surface area contributed by atoms with Gasteiger partial charge in [-0.05, 0) is 24.3 Å². The van der Waals surface area contributed by atoms with E-state index in [0.717, 1.165) is 6.07 Å². The van der Waals surface area contributed by atoms with Crippen LogP contribution in [-0.4, -0.2) is 12.8 Å². The highest BCUT2D eigenvalue weighted by Crippen LogP contribution is 2.20. The van der Waals surface area contributed by atoms with E-state index in [9.17, 15) is 13.2 Å². The number of hydrogen-bond acceptors (Lipinski definition) is 3. The molecule has 2 aromatic rings. The molecule has 0 fully saturated rings. The average molecular weight is 330 g/mol. The lowest BCUT2D eigenvalue weighted by Crippen LogP contribution is -2.04. The van der Waals surface area contributed by atoms with Crippen LogP contribution in [0.2, 0.25) is 5.02 Å². The van der Waals surface area contributed by atoms with E-state index in [-0.39, 0.29) is 17.4 Å². The lowest BCUT2D eigenvalue weighted by Gasteiger charge is -2.07. The molecule has 0 unspecified atom stereocenters. The number of hydrogen-bond donors (Lipinski definition) is 0. The van der Waals surface area contributed by atoms with Crippen molar-refractivity contribution in [1.29, 1.82) is 0 Å². The van der Waals surface area contributed by atoms with Gasteiger partial charge < -0.3 is 9.57 Å². The number of oxime groups is 1. The second-order valence-corrected chi connectivity index (χ2v) is 4.57. The molecule has 0 aliphatic rings. The molecule has 116 valence electrons. The zero-order valence-electron chi connectivity index (χ0n) is 11.2. The quantitative estimate of drug-likeness (QED) is 0.571. The Hall–Kier alpha value is -2.21. The van der Waals surface area contributed by atoms with Crippen LogP contribution in [0.1, 0.15) is 11.1 Å². The van der Waals surface area contributed by atoms with Crippen LogP contribution in [-0.2, 0) is 11.4 Å². The third kappa shape index (κ3) is 4.66. The second-order valence-electron chi connectivity index (χ2n) is 4.16. The predicted octanol–water partition coefficient (Wildman–Crippen LogP) is 4.63. The van der Waals surface area contributed by atoms with Crippen LogP contribution in [0.15, 0.2) is 47.6 Å². The Morgan fingerprint density at radius 1 is 1.18 bits per heavy atom. The average Bonchev–Trinajstić information content (AvgIpc) is 2.46. The van der Waals surface area contributed by atoms with E-state index in [4.69, 9.17) is 16.4 Å². The van der Waals surface area contributed by atoms with Crippen LogP contribution in [0.25, 0.3) is 0 Å². The van der Waals surface area contributed by atoms with Gasteiger partial charge in [-0.2, -0.15) is 8.78 Å². The molecule has 7 heteroatoms. The van der Waals surface area contributed by atoms with Crippen LogP contribution in [0.3, 0.4) is 0 Å². The SMILES string of the molecule is Fc1ccc(CON=Cc2ccccc2OC(F)F)c(Cl)c1. The Balaban J connectivity index is 1.98. The molecule has 0 radical (unpaired) electrons. The van der Waals surface area contributed by atoms with E-state index in [0.29, 0.717) is 11.1 Å². The lowest BCUT2D eigenvalue weighted by atomic mass is 10.2. The predicted molar refractivity (Wildman–Crippen MR) is 76.9 cm³/mol. The van der Waals surface area contributed by atoms with Gasteiger partial charge in [-0.15, -0.1) is 0 Å². The summed E-state index contributed by atoms with van der Waals surface area (Å²) in [6, 6.07) is 10.0. The van der Waals surface area contributed by atoms with E-state index in [2.05, 4.69) is 9.89 Å². The summed E-state index contributed by atoms with van der Waals surface area (Å²) in [5.41, 5.74) is 0.894. The summed E-state index contributed by atoms with van der Waals surface area (Å²) in [4.78, 5) is 5.02. The largest absolute Gasteiger partial charge is 0.434 e. The minimum atomic E-state index is -2.92. The first-order valence-corrected chi connectivity index (χ1v) is 6.57. The molecule has 2 rings (SSSR count). The molecule has 0 atom stereocenters. The molecule has 0 aromatic heterocycles. The van der Waals surface area contributed by atoms with Gasteiger partial charge in [0.15, 0.2) is 0 Å². The van der Waals surface area contributed by atoms with E-state index < -0.39 is 12.4 Å². The zero-order chi connectivity index (χ0) is 15.9. The summed E-state index contributed by atoms with van der Waals surface area (Å²) in [6.07, 6.45) is 1.25. The lowest BCUT2D eigenvalue weighted by molar-refractivity contribution is -0.0499. The summed E-state index contributed by atoms with van der Waals surface area (Å²) < 4.78 is 41.7. The normalized spacial score (nSPS) is 11.1. The number of para-hydroxylation sites is 1. The van der Waals surface area contributed by atoms with Crippen LogP contribution >= 0.6 is 11.6 Å². The maximum absolute atomic E-state index is 12.9. The maximum atomic E-state index is 12.9. The summed E-state index contributed by atoms with van der Waals surface area (Å²) in [5.74, 6) is -0.458. The smallest absolute Gasteiger partial charge is 0.387 e. The Bertz CT molecular complexity index is 665. The Morgan fingerprint density at radius 2 is 1.95 bits per heavy atom. The first-order valence-electron chi connectivity index (χ1n) is 6.19. The Labute approximate surface area is 129 Å². The van der Waals surface area contributed by atoms with Gasteiger partial charge in [0.1, 0.15) is 18.2 Å². The van der Waals surface area contributed by atoms with Gasteiger partial charge in [0.2, 0.25) is 0 Å². The van der Waals surface area contributed by atoms with Crippen LogP contribution in [0.4, 0.5) is 13.2 Å². The molecule has 0 saturated carbocycles. The van der Waals surface area contributed by atoms with Crippen molar-refractivity contribution in [3.05, 3.63) is 64.4 Å². The van der Waals surface area contributed by atoms with Crippen molar-refractivity contribution < 1.29 is 22.7 Å². The van der Waals surface area contributed by atoms with Crippen molar-refractivity contribution in [1.82, 2.24) is 0 Å². The number of benzene rings is 2. The molecule has 0 amide bonds. The summed E-state index contributed by atoms with van der Waals surface area (Å²) in [5, 5.41) is 3.89. The van der Waals surface area contributed by atoms with Crippen molar-refractivity contribution in [3.63, 3.8) is 0 Å². The third-order valence-corrected chi connectivity index (χ3v) is 2.99. The number of rotatable bonds is 6.